The average molecular weight is 194 g/mol. The summed E-state index contributed by atoms with van der Waals surface area (Å²) in [7, 11) is -2.62. The maximum atomic E-state index is 10.8. The predicted molar refractivity (Wildman–Crippen MR) is 40.3 cm³/mol. The number of hydrogen-bond donors (Lipinski definition) is 1. The Morgan fingerprint density at radius 1 is 1.50 bits per heavy atom. The van der Waals surface area contributed by atoms with Crippen LogP contribution >= 0.6 is 0 Å². The molecule has 0 heterocycles. The highest BCUT2D eigenvalue weighted by Gasteiger charge is 2.23. The molecule has 0 spiro atoms. The standard InChI is InChI=1S/C5H10N2O4S/c1-3(2)4(5(8)11-6)7-12(9)10/h3-4H,6H2,1-2H3. The van der Waals surface area contributed by atoms with Crippen LogP contribution in [0.4, 0.5) is 0 Å². The number of nitrogens with zero attached hydrogens (tertiary/aromatic N) is 1. The summed E-state index contributed by atoms with van der Waals surface area (Å²) in [4.78, 5) is 14.6. The fourth-order valence-electron chi connectivity index (χ4n) is 0.599. The number of carbonyl (C=O) groups excluding carboxylic acids is 1. The van der Waals surface area contributed by atoms with E-state index in [1.54, 1.807) is 13.8 Å². The Morgan fingerprint density at radius 3 is 2.25 bits per heavy atom. The molecule has 0 aliphatic rings. The summed E-state index contributed by atoms with van der Waals surface area (Å²) in [5.74, 6) is 3.46. The van der Waals surface area contributed by atoms with Crippen LogP contribution < -0.4 is 5.90 Å². The van der Waals surface area contributed by atoms with Crippen molar-refractivity contribution in [2.75, 3.05) is 0 Å². The first-order valence-electron chi connectivity index (χ1n) is 3.19. The zero-order chi connectivity index (χ0) is 9.72. The first-order chi connectivity index (χ1) is 5.49. The molecule has 2 N–H and O–H groups in total. The third-order valence-corrected chi connectivity index (χ3v) is 1.59. The van der Waals surface area contributed by atoms with Gasteiger partial charge in [-0.25, -0.2) is 4.79 Å². The van der Waals surface area contributed by atoms with Gasteiger partial charge >= 0.3 is 16.5 Å². The molecule has 0 fully saturated rings. The van der Waals surface area contributed by atoms with E-state index in [0.717, 1.165) is 0 Å². The maximum absolute atomic E-state index is 10.8. The van der Waals surface area contributed by atoms with Crippen LogP contribution in [0.3, 0.4) is 0 Å². The van der Waals surface area contributed by atoms with Crippen molar-refractivity contribution < 1.29 is 18.0 Å². The molecule has 6 nitrogen and oxygen atoms in total. The monoisotopic (exact) mass is 194 g/mol. The second-order valence-electron chi connectivity index (χ2n) is 2.45. The van der Waals surface area contributed by atoms with Crippen LogP contribution in [0.15, 0.2) is 4.36 Å². The van der Waals surface area contributed by atoms with Crippen molar-refractivity contribution in [3.63, 3.8) is 0 Å². The molecular formula is C5H10N2O4S. The van der Waals surface area contributed by atoms with Crippen molar-refractivity contribution in [2.24, 2.45) is 16.2 Å². The van der Waals surface area contributed by atoms with Crippen LogP contribution in [0.2, 0.25) is 0 Å². The fraction of sp³-hybridized carbons (Fsp3) is 0.800. The molecular weight excluding hydrogens is 184 g/mol. The lowest BCUT2D eigenvalue weighted by Gasteiger charge is -2.09. The second-order valence-corrected chi connectivity index (χ2v) is 3.09. The van der Waals surface area contributed by atoms with Crippen molar-refractivity contribution in [1.82, 2.24) is 0 Å². The highest BCUT2D eigenvalue weighted by molar-refractivity contribution is 7.61. The lowest BCUT2D eigenvalue weighted by molar-refractivity contribution is -0.146. The van der Waals surface area contributed by atoms with Crippen molar-refractivity contribution in [1.29, 1.82) is 0 Å². The zero-order valence-electron chi connectivity index (χ0n) is 6.72. The molecule has 0 aromatic rings. The van der Waals surface area contributed by atoms with E-state index in [1.807, 2.05) is 0 Å². The maximum Gasteiger partial charge on any atom is 0.350 e. The number of rotatable bonds is 3. The van der Waals surface area contributed by atoms with Crippen LogP contribution in [0, 0.1) is 5.92 Å². The number of nitrogens with two attached hydrogens (primary N) is 1. The molecule has 0 aliphatic heterocycles. The van der Waals surface area contributed by atoms with Crippen LogP contribution in [-0.2, 0) is 20.1 Å². The molecule has 0 saturated heterocycles. The topological polar surface area (TPSA) is 98.8 Å². The normalized spacial score (nSPS) is 12.3. The molecule has 12 heavy (non-hydrogen) atoms. The molecule has 0 aromatic heterocycles. The van der Waals surface area contributed by atoms with Gasteiger partial charge in [0.25, 0.3) is 0 Å². The van der Waals surface area contributed by atoms with E-state index in [1.165, 1.54) is 0 Å². The van der Waals surface area contributed by atoms with E-state index < -0.39 is 22.5 Å². The first kappa shape index (κ1) is 11.1. The molecule has 70 valence electrons. The molecule has 0 saturated carbocycles. The second kappa shape index (κ2) is 4.83. The Hall–Kier alpha value is -0.950. The predicted octanol–water partition coefficient (Wildman–Crippen LogP) is -0.509. The summed E-state index contributed by atoms with van der Waals surface area (Å²) in [5.41, 5.74) is 0. The molecule has 0 radical (unpaired) electrons. The summed E-state index contributed by atoms with van der Waals surface area (Å²) < 4.78 is 23.3. The van der Waals surface area contributed by atoms with Crippen molar-refractivity contribution >= 4 is 16.5 Å². The summed E-state index contributed by atoms with van der Waals surface area (Å²) >= 11 is 0. The third kappa shape index (κ3) is 3.44. The minimum absolute atomic E-state index is 0.265. The minimum Gasteiger partial charge on any atom is -0.372 e. The van der Waals surface area contributed by atoms with Gasteiger partial charge in [0.1, 0.15) is 0 Å². The quantitative estimate of drug-likeness (QED) is 0.610. The van der Waals surface area contributed by atoms with E-state index in [0.29, 0.717) is 0 Å². The van der Waals surface area contributed by atoms with E-state index >= 15 is 0 Å². The van der Waals surface area contributed by atoms with E-state index in [-0.39, 0.29) is 5.92 Å². The van der Waals surface area contributed by atoms with Gasteiger partial charge in [0.15, 0.2) is 6.04 Å². The smallest absolute Gasteiger partial charge is 0.350 e. The molecule has 0 rings (SSSR count). The highest BCUT2D eigenvalue weighted by atomic mass is 32.2. The van der Waals surface area contributed by atoms with Crippen molar-refractivity contribution in [2.45, 2.75) is 19.9 Å². The van der Waals surface area contributed by atoms with Crippen LogP contribution in [0.1, 0.15) is 13.8 Å². The van der Waals surface area contributed by atoms with Gasteiger partial charge in [0.2, 0.25) is 0 Å². The average Bonchev–Trinajstić information content (AvgIpc) is 1.98. The highest BCUT2D eigenvalue weighted by Crippen LogP contribution is 2.06. The number of hydrogen-bond acceptors (Lipinski definition) is 6. The lowest BCUT2D eigenvalue weighted by atomic mass is 10.1. The van der Waals surface area contributed by atoms with Crippen LogP contribution in [0.5, 0.6) is 0 Å². The molecule has 1 unspecified atom stereocenters. The summed E-state index contributed by atoms with van der Waals surface area (Å²) in [6.07, 6.45) is 0. The van der Waals surface area contributed by atoms with Gasteiger partial charge in [-0.3, -0.25) is 0 Å². The third-order valence-electron chi connectivity index (χ3n) is 1.19. The molecule has 0 amide bonds. The molecule has 0 bridgehead atoms. The molecule has 7 heteroatoms. The Labute approximate surface area is 71.4 Å². The fourth-order valence-corrected chi connectivity index (χ4v) is 1.11. The van der Waals surface area contributed by atoms with Gasteiger partial charge in [0, 0.05) is 0 Å². The van der Waals surface area contributed by atoms with E-state index in [4.69, 9.17) is 0 Å². The Morgan fingerprint density at radius 2 is 2.00 bits per heavy atom. The SMILES string of the molecule is CC(C)C(N=S(=O)=O)C(=O)ON. The van der Waals surface area contributed by atoms with Crippen molar-refractivity contribution in [3.05, 3.63) is 0 Å². The largest absolute Gasteiger partial charge is 0.372 e. The van der Waals surface area contributed by atoms with Gasteiger partial charge in [0.05, 0.1) is 0 Å². The van der Waals surface area contributed by atoms with Crippen LogP contribution in [-0.4, -0.2) is 20.4 Å². The Bertz CT molecular complexity index is 274. The Balaban J connectivity index is 4.68. The van der Waals surface area contributed by atoms with Gasteiger partial charge in [-0.2, -0.15) is 18.7 Å². The lowest BCUT2D eigenvalue weighted by Crippen LogP contribution is -2.28. The van der Waals surface area contributed by atoms with Crippen LogP contribution in [0.25, 0.3) is 0 Å². The molecule has 0 aliphatic carbocycles. The number of carbonyl (C=O) groups is 1. The van der Waals surface area contributed by atoms with Gasteiger partial charge in [-0.15, -0.1) is 0 Å². The zero-order valence-corrected chi connectivity index (χ0v) is 7.54. The summed E-state index contributed by atoms with van der Waals surface area (Å²) in [5, 5.41) is 0. The van der Waals surface area contributed by atoms with Gasteiger partial charge < -0.3 is 4.84 Å². The van der Waals surface area contributed by atoms with E-state index in [9.17, 15) is 13.2 Å². The summed E-state index contributed by atoms with van der Waals surface area (Å²) in [6, 6.07) is -1.05. The minimum atomic E-state index is -2.62. The van der Waals surface area contributed by atoms with Crippen molar-refractivity contribution in [3.8, 4) is 0 Å². The van der Waals surface area contributed by atoms with E-state index in [2.05, 4.69) is 15.1 Å². The Kier molecular flexibility index (Phi) is 4.45. The van der Waals surface area contributed by atoms with Gasteiger partial charge in [-0.1, -0.05) is 13.8 Å². The molecule has 0 aromatic carbocycles. The first-order valence-corrected chi connectivity index (χ1v) is 4.23. The van der Waals surface area contributed by atoms with Gasteiger partial charge in [-0.05, 0) is 5.92 Å². The molecule has 1 atom stereocenters. The summed E-state index contributed by atoms with van der Waals surface area (Å²) in [6.45, 7) is 3.27.